The van der Waals surface area contributed by atoms with Crippen LogP contribution >= 0.6 is 0 Å². The number of hydrogen-bond donors (Lipinski definition) is 0. The number of hydrogen-bond acceptors (Lipinski definition) is 2. The molecule has 0 amide bonds. The van der Waals surface area contributed by atoms with Gasteiger partial charge in [0.15, 0.2) is 0 Å². The van der Waals surface area contributed by atoms with E-state index >= 15 is 0 Å². The molecule has 0 aromatic rings. The molecule has 0 rings (SSSR count). The molecule has 1 unspecified atom stereocenters. The molecule has 56 valence electrons. The molecule has 9 heavy (non-hydrogen) atoms. The molecule has 0 radical (unpaired) electrons. The van der Waals surface area contributed by atoms with Gasteiger partial charge in [-0.25, -0.2) is 4.39 Å². The van der Waals surface area contributed by atoms with Crippen molar-refractivity contribution in [2.45, 2.75) is 19.1 Å². The van der Waals surface area contributed by atoms with Crippen LogP contribution < -0.4 is 0 Å². The molecule has 0 bridgehead atoms. The van der Waals surface area contributed by atoms with E-state index in [2.05, 4.69) is 0 Å². The Morgan fingerprint density at radius 1 is 1.44 bits per heavy atom. The van der Waals surface area contributed by atoms with E-state index in [4.69, 9.17) is 8.85 Å². The van der Waals surface area contributed by atoms with Crippen LogP contribution in [-0.2, 0) is 8.85 Å². The zero-order chi connectivity index (χ0) is 7.28. The van der Waals surface area contributed by atoms with E-state index in [1.54, 1.807) is 6.92 Å². The summed E-state index contributed by atoms with van der Waals surface area (Å²) in [5, 5.41) is 0. The van der Waals surface area contributed by atoms with E-state index < -0.39 is 15.1 Å². The van der Waals surface area contributed by atoms with Gasteiger partial charge >= 0.3 is 9.28 Å². The van der Waals surface area contributed by atoms with Gasteiger partial charge < -0.3 is 8.85 Å². The molecule has 2 nitrogen and oxygen atoms in total. The SMILES string of the molecule is CCC(F)[SiH](OC)OC. The van der Waals surface area contributed by atoms with E-state index in [0.717, 1.165) is 0 Å². The predicted molar refractivity (Wildman–Crippen MR) is 36.4 cm³/mol. The van der Waals surface area contributed by atoms with Gasteiger partial charge in [0, 0.05) is 14.2 Å². The van der Waals surface area contributed by atoms with Gasteiger partial charge in [-0.3, -0.25) is 0 Å². The van der Waals surface area contributed by atoms with Crippen molar-refractivity contribution in [1.82, 2.24) is 0 Å². The fraction of sp³-hybridized carbons (Fsp3) is 1.00. The second-order valence-corrected chi connectivity index (χ2v) is 4.17. The van der Waals surface area contributed by atoms with Crippen LogP contribution in [0.5, 0.6) is 0 Å². The lowest BCUT2D eigenvalue weighted by Gasteiger charge is -2.12. The Morgan fingerprint density at radius 2 is 1.89 bits per heavy atom. The highest BCUT2D eigenvalue weighted by Gasteiger charge is 2.21. The maximum atomic E-state index is 12.6. The molecule has 0 saturated carbocycles. The van der Waals surface area contributed by atoms with Gasteiger partial charge in [0.2, 0.25) is 0 Å². The van der Waals surface area contributed by atoms with Gasteiger partial charge in [-0.15, -0.1) is 0 Å². The van der Waals surface area contributed by atoms with Crippen LogP contribution in [0.2, 0.25) is 0 Å². The molecule has 0 aliphatic heterocycles. The first-order chi connectivity index (χ1) is 4.26. The van der Waals surface area contributed by atoms with Crippen molar-refractivity contribution in [2.24, 2.45) is 0 Å². The molecule has 4 heteroatoms. The minimum absolute atomic E-state index is 0.485. The zero-order valence-corrected chi connectivity index (χ0v) is 7.21. The first kappa shape index (κ1) is 9.07. The van der Waals surface area contributed by atoms with Crippen molar-refractivity contribution in [3.8, 4) is 0 Å². The van der Waals surface area contributed by atoms with Gasteiger partial charge in [0.05, 0.1) is 0 Å². The zero-order valence-electron chi connectivity index (χ0n) is 6.06. The molecule has 0 heterocycles. The van der Waals surface area contributed by atoms with Crippen molar-refractivity contribution in [3.63, 3.8) is 0 Å². The monoisotopic (exact) mass is 152 g/mol. The van der Waals surface area contributed by atoms with Gasteiger partial charge in [0.25, 0.3) is 0 Å². The van der Waals surface area contributed by atoms with E-state index in [1.165, 1.54) is 14.2 Å². The summed E-state index contributed by atoms with van der Waals surface area (Å²) in [6, 6.07) is 0. The number of rotatable bonds is 4. The Balaban J connectivity index is 3.50. The summed E-state index contributed by atoms with van der Waals surface area (Å²) in [5.41, 5.74) is 0. The summed E-state index contributed by atoms with van der Waals surface area (Å²) in [6.07, 6.45) is 0.485. The second kappa shape index (κ2) is 4.90. The average Bonchev–Trinajstić information content (AvgIpc) is 1.90. The Morgan fingerprint density at radius 3 is 2.00 bits per heavy atom. The topological polar surface area (TPSA) is 18.5 Å². The van der Waals surface area contributed by atoms with E-state index in [1.807, 2.05) is 0 Å². The Kier molecular flexibility index (Phi) is 4.94. The molecule has 0 fully saturated rings. The molecule has 0 aromatic carbocycles. The summed E-state index contributed by atoms with van der Waals surface area (Å²) in [7, 11) is 1.02. The highest BCUT2D eigenvalue weighted by molar-refractivity contribution is 6.45. The fourth-order valence-electron chi connectivity index (χ4n) is 0.584. The van der Waals surface area contributed by atoms with Crippen LogP contribution in [0, 0.1) is 0 Å². The lowest BCUT2D eigenvalue weighted by molar-refractivity contribution is 0.227. The van der Waals surface area contributed by atoms with Crippen molar-refractivity contribution in [3.05, 3.63) is 0 Å². The molecule has 0 aliphatic carbocycles. The van der Waals surface area contributed by atoms with Crippen LogP contribution in [-0.4, -0.2) is 29.3 Å². The maximum absolute atomic E-state index is 12.6. The molecule has 0 saturated heterocycles. The smallest absolute Gasteiger partial charge is 0.356 e. The summed E-state index contributed by atoms with van der Waals surface area (Å²) < 4.78 is 22.2. The van der Waals surface area contributed by atoms with Gasteiger partial charge in [0.1, 0.15) is 5.79 Å². The molecule has 0 N–H and O–H groups in total. The molecule has 0 aromatic heterocycles. The van der Waals surface area contributed by atoms with E-state index in [-0.39, 0.29) is 0 Å². The predicted octanol–water partition coefficient (Wildman–Crippen LogP) is 0.787. The quantitative estimate of drug-likeness (QED) is 0.554. The van der Waals surface area contributed by atoms with Crippen LogP contribution in [0.1, 0.15) is 13.3 Å². The highest BCUT2D eigenvalue weighted by Crippen LogP contribution is 2.02. The Labute approximate surface area is 56.8 Å². The minimum atomic E-state index is -1.95. The van der Waals surface area contributed by atoms with Crippen molar-refractivity contribution in [2.75, 3.05) is 14.2 Å². The number of alkyl halides is 1. The summed E-state index contributed by atoms with van der Waals surface area (Å²) in [5.74, 6) is -0.875. The summed E-state index contributed by atoms with van der Waals surface area (Å²) in [6.45, 7) is 1.78. The third-order valence-electron chi connectivity index (χ3n) is 1.15. The fourth-order valence-corrected chi connectivity index (χ4v) is 1.75. The van der Waals surface area contributed by atoms with Crippen LogP contribution in [0.15, 0.2) is 0 Å². The van der Waals surface area contributed by atoms with Crippen molar-refractivity contribution < 1.29 is 13.2 Å². The molecule has 0 spiro atoms. The van der Waals surface area contributed by atoms with Crippen molar-refractivity contribution in [1.29, 1.82) is 0 Å². The standard InChI is InChI=1S/C5H13FO2Si/c1-4-5(6)9(7-2)8-3/h5,9H,4H2,1-3H3. The summed E-state index contributed by atoms with van der Waals surface area (Å²) >= 11 is 0. The first-order valence-electron chi connectivity index (χ1n) is 2.95. The number of halogens is 1. The van der Waals surface area contributed by atoms with E-state index in [0.29, 0.717) is 6.42 Å². The molecular formula is C5H13FO2Si. The van der Waals surface area contributed by atoms with Crippen LogP contribution in [0.4, 0.5) is 4.39 Å². The molecule has 0 aliphatic rings. The lowest BCUT2D eigenvalue weighted by Crippen LogP contribution is -2.31. The largest absolute Gasteiger partial charge is 0.398 e. The second-order valence-electron chi connectivity index (χ2n) is 1.76. The minimum Gasteiger partial charge on any atom is -0.398 e. The van der Waals surface area contributed by atoms with Gasteiger partial charge in [-0.1, -0.05) is 6.92 Å². The third-order valence-corrected chi connectivity index (χ3v) is 3.14. The van der Waals surface area contributed by atoms with Crippen LogP contribution in [0.25, 0.3) is 0 Å². The third kappa shape index (κ3) is 2.93. The molecule has 1 atom stereocenters. The Bertz CT molecular complexity index is 68.0. The van der Waals surface area contributed by atoms with Crippen molar-refractivity contribution >= 4 is 9.28 Å². The average molecular weight is 152 g/mol. The lowest BCUT2D eigenvalue weighted by atomic mass is 10.5. The van der Waals surface area contributed by atoms with E-state index in [9.17, 15) is 4.39 Å². The molecular weight excluding hydrogens is 139 g/mol. The summed E-state index contributed by atoms with van der Waals surface area (Å²) in [4.78, 5) is 0. The van der Waals surface area contributed by atoms with Gasteiger partial charge in [-0.2, -0.15) is 0 Å². The van der Waals surface area contributed by atoms with Gasteiger partial charge in [-0.05, 0) is 6.42 Å². The highest BCUT2D eigenvalue weighted by atomic mass is 28.3. The Hall–Kier alpha value is 0.0669. The normalized spacial score (nSPS) is 14.3. The van der Waals surface area contributed by atoms with Crippen LogP contribution in [0.3, 0.4) is 0 Å². The maximum Gasteiger partial charge on any atom is 0.356 e. The first-order valence-corrected chi connectivity index (χ1v) is 4.56.